The zero-order valence-corrected chi connectivity index (χ0v) is 12.0. The molecule has 0 unspecified atom stereocenters. The fourth-order valence-corrected chi connectivity index (χ4v) is 3.21. The van der Waals surface area contributed by atoms with E-state index in [4.69, 9.17) is 0 Å². The number of benzene rings is 1. The molecule has 0 atom stereocenters. The first kappa shape index (κ1) is 14.3. The van der Waals surface area contributed by atoms with E-state index < -0.39 is 10.0 Å². The molecule has 2 rings (SSSR count). The van der Waals surface area contributed by atoms with Crippen LogP contribution in [0.5, 0.6) is 0 Å². The van der Waals surface area contributed by atoms with Gasteiger partial charge in [-0.1, -0.05) is 12.1 Å². The van der Waals surface area contributed by atoms with E-state index in [1.165, 1.54) is 0 Å². The van der Waals surface area contributed by atoms with Crippen LogP contribution in [0.4, 0.5) is 5.69 Å². The minimum atomic E-state index is -3.26. The van der Waals surface area contributed by atoms with Crippen molar-refractivity contribution in [2.75, 3.05) is 43.2 Å². The van der Waals surface area contributed by atoms with E-state index in [0.717, 1.165) is 31.7 Å². The third-order valence-corrected chi connectivity index (χ3v) is 4.44. The first-order chi connectivity index (χ1) is 9.05. The molecule has 0 bridgehead atoms. The maximum atomic E-state index is 12.0. The van der Waals surface area contributed by atoms with E-state index in [1.54, 1.807) is 6.07 Å². The maximum absolute atomic E-state index is 12.0. The molecule has 1 aromatic rings. The minimum absolute atomic E-state index is 0.140. The van der Waals surface area contributed by atoms with Crippen LogP contribution >= 0.6 is 0 Å². The normalized spacial score (nSPS) is 17.3. The topological polar surface area (TPSA) is 61.4 Å². The molecule has 1 aliphatic rings. The van der Waals surface area contributed by atoms with E-state index in [2.05, 4.69) is 14.9 Å². The fraction of sp³-hybridized carbons (Fsp3) is 0.538. The van der Waals surface area contributed by atoms with Crippen molar-refractivity contribution in [3.63, 3.8) is 0 Å². The highest BCUT2D eigenvalue weighted by atomic mass is 32.2. The summed E-state index contributed by atoms with van der Waals surface area (Å²) in [6, 6.07) is 7.40. The Bertz CT molecular complexity index is 510. The van der Waals surface area contributed by atoms with Crippen molar-refractivity contribution in [3.8, 4) is 0 Å². The number of hydrogen-bond donors (Lipinski definition) is 2. The summed E-state index contributed by atoms with van der Waals surface area (Å²) in [6.07, 6.45) is 0. The molecule has 1 fully saturated rings. The van der Waals surface area contributed by atoms with Gasteiger partial charge < -0.3 is 5.32 Å². The van der Waals surface area contributed by atoms with E-state index in [9.17, 15) is 8.42 Å². The lowest BCUT2D eigenvalue weighted by atomic mass is 10.2. The van der Waals surface area contributed by atoms with Crippen molar-refractivity contribution in [1.29, 1.82) is 0 Å². The molecule has 19 heavy (non-hydrogen) atoms. The second-order valence-corrected chi connectivity index (χ2v) is 6.72. The van der Waals surface area contributed by atoms with Crippen LogP contribution in [-0.2, 0) is 10.0 Å². The van der Waals surface area contributed by atoms with Gasteiger partial charge in [-0.15, -0.1) is 0 Å². The molecule has 1 saturated heterocycles. The summed E-state index contributed by atoms with van der Waals surface area (Å²) in [6.45, 7) is 6.23. The van der Waals surface area contributed by atoms with Crippen molar-refractivity contribution in [2.24, 2.45) is 0 Å². The van der Waals surface area contributed by atoms with E-state index in [1.807, 2.05) is 25.1 Å². The van der Waals surface area contributed by atoms with Gasteiger partial charge in [0.05, 0.1) is 5.75 Å². The zero-order chi connectivity index (χ0) is 13.7. The number of sulfonamides is 1. The number of anilines is 1. The average Bonchev–Trinajstić information content (AvgIpc) is 2.37. The van der Waals surface area contributed by atoms with Gasteiger partial charge in [-0.2, -0.15) is 0 Å². The molecule has 0 aliphatic carbocycles. The SMILES string of the molecule is Cc1cccc(NS(=O)(=O)CCN2CCNCC2)c1. The molecule has 5 nitrogen and oxygen atoms in total. The summed E-state index contributed by atoms with van der Waals surface area (Å²) in [5.74, 6) is 0.140. The van der Waals surface area contributed by atoms with Crippen LogP contribution in [0.2, 0.25) is 0 Å². The fourth-order valence-electron chi connectivity index (χ4n) is 2.12. The number of piperazine rings is 1. The molecule has 0 amide bonds. The van der Waals surface area contributed by atoms with Crippen molar-refractivity contribution in [3.05, 3.63) is 29.8 Å². The Morgan fingerprint density at radius 2 is 2.05 bits per heavy atom. The summed E-state index contributed by atoms with van der Waals surface area (Å²) >= 11 is 0. The highest BCUT2D eigenvalue weighted by molar-refractivity contribution is 7.92. The Morgan fingerprint density at radius 1 is 1.32 bits per heavy atom. The summed E-state index contributed by atoms with van der Waals surface area (Å²) in [5, 5.41) is 3.25. The Labute approximate surface area is 115 Å². The highest BCUT2D eigenvalue weighted by Crippen LogP contribution is 2.11. The molecule has 6 heteroatoms. The summed E-state index contributed by atoms with van der Waals surface area (Å²) in [4.78, 5) is 2.17. The third-order valence-electron chi connectivity index (χ3n) is 3.18. The molecule has 0 radical (unpaired) electrons. The molecule has 0 aromatic heterocycles. The van der Waals surface area contributed by atoms with Gasteiger partial charge in [-0.05, 0) is 24.6 Å². The standard InChI is InChI=1S/C13H21N3O2S/c1-12-3-2-4-13(11-12)15-19(17,18)10-9-16-7-5-14-6-8-16/h2-4,11,14-15H,5-10H2,1H3. The Hall–Kier alpha value is -1.11. The van der Waals surface area contributed by atoms with Crippen molar-refractivity contribution in [1.82, 2.24) is 10.2 Å². The second kappa shape index (κ2) is 6.36. The van der Waals surface area contributed by atoms with Gasteiger partial charge in [0.25, 0.3) is 0 Å². The third kappa shape index (κ3) is 4.81. The number of nitrogens with zero attached hydrogens (tertiary/aromatic N) is 1. The largest absolute Gasteiger partial charge is 0.314 e. The molecule has 1 aliphatic heterocycles. The predicted molar refractivity (Wildman–Crippen MR) is 77.9 cm³/mol. The summed E-state index contributed by atoms with van der Waals surface area (Å²) in [7, 11) is -3.26. The average molecular weight is 283 g/mol. The second-order valence-electron chi connectivity index (χ2n) is 4.88. The molecule has 1 heterocycles. The zero-order valence-electron chi connectivity index (χ0n) is 11.2. The van der Waals surface area contributed by atoms with Gasteiger partial charge in [-0.25, -0.2) is 8.42 Å². The Morgan fingerprint density at radius 3 is 2.74 bits per heavy atom. The minimum Gasteiger partial charge on any atom is -0.314 e. The van der Waals surface area contributed by atoms with Crippen molar-refractivity contribution in [2.45, 2.75) is 6.92 Å². The monoisotopic (exact) mass is 283 g/mol. The van der Waals surface area contributed by atoms with E-state index in [0.29, 0.717) is 12.2 Å². The number of hydrogen-bond acceptors (Lipinski definition) is 4. The smallest absolute Gasteiger partial charge is 0.233 e. The van der Waals surface area contributed by atoms with E-state index >= 15 is 0 Å². The lowest BCUT2D eigenvalue weighted by Crippen LogP contribution is -2.45. The number of aryl methyl sites for hydroxylation is 1. The van der Waals surface area contributed by atoms with Crippen molar-refractivity contribution < 1.29 is 8.42 Å². The van der Waals surface area contributed by atoms with Crippen LogP contribution in [0.1, 0.15) is 5.56 Å². The van der Waals surface area contributed by atoms with Gasteiger partial charge >= 0.3 is 0 Å². The first-order valence-corrected chi connectivity index (χ1v) is 8.21. The van der Waals surface area contributed by atoms with Crippen LogP contribution < -0.4 is 10.0 Å². The first-order valence-electron chi connectivity index (χ1n) is 6.55. The molecule has 0 saturated carbocycles. The molecule has 106 valence electrons. The predicted octanol–water partition coefficient (Wildman–Crippen LogP) is 0.642. The van der Waals surface area contributed by atoms with Crippen LogP contribution in [0.3, 0.4) is 0 Å². The summed E-state index contributed by atoms with van der Waals surface area (Å²) < 4.78 is 26.6. The quantitative estimate of drug-likeness (QED) is 0.832. The molecular formula is C13H21N3O2S. The Kier molecular flexibility index (Phi) is 4.79. The van der Waals surface area contributed by atoms with Gasteiger partial charge in [0, 0.05) is 38.4 Å². The van der Waals surface area contributed by atoms with Crippen LogP contribution in [-0.4, -0.2) is 51.8 Å². The number of nitrogens with one attached hydrogen (secondary N) is 2. The van der Waals surface area contributed by atoms with E-state index in [-0.39, 0.29) is 5.75 Å². The van der Waals surface area contributed by atoms with Crippen LogP contribution in [0.15, 0.2) is 24.3 Å². The van der Waals surface area contributed by atoms with Crippen LogP contribution in [0, 0.1) is 6.92 Å². The molecular weight excluding hydrogens is 262 g/mol. The lowest BCUT2D eigenvalue weighted by molar-refractivity contribution is 0.254. The Balaban J connectivity index is 1.87. The van der Waals surface area contributed by atoms with Gasteiger partial charge in [0.15, 0.2) is 0 Å². The molecule has 0 spiro atoms. The molecule has 2 N–H and O–H groups in total. The van der Waals surface area contributed by atoms with Gasteiger partial charge in [0.2, 0.25) is 10.0 Å². The highest BCUT2D eigenvalue weighted by Gasteiger charge is 2.15. The van der Waals surface area contributed by atoms with Crippen LogP contribution in [0.25, 0.3) is 0 Å². The van der Waals surface area contributed by atoms with Crippen molar-refractivity contribution >= 4 is 15.7 Å². The summed E-state index contributed by atoms with van der Waals surface area (Å²) in [5.41, 5.74) is 1.68. The maximum Gasteiger partial charge on any atom is 0.233 e. The number of rotatable bonds is 5. The molecule has 1 aromatic carbocycles. The van der Waals surface area contributed by atoms with Gasteiger partial charge in [0.1, 0.15) is 0 Å². The lowest BCUT2D eigenvalue weighted by Gasteiger charge is -2.26. The van der Waals surface area contributed by atoms with Gasteiger partial charge in [-0.3, -0.25) is 9.62 Å².